The molecule has 6 nitrogen and oxygen atoms in total. The van der Waals surface area contributed by atoms with Gasteiger partial charge in [0.25, 0.3) is 11.5 Å². The minimum absolute atomic E-state index is 0.0951. The van der Waals surface area contributed by atoms with E-state index in [0.29, 0.717) is 16.7 Å². The van der Waals surface area contributed by atoms with Crippen LogP contribution in [0.1, 0.15) is 26.3 Å². The Morgan fingerprint density at radius 3 is 2.66 bits per heavy atom. The number of carbonyl (C=O) groups excluding carboxylic acids is 2. The number of nitrogens with zero attached hydrogens (tertiary/aromatic N) is 2. The number of ketones is 1. The number of anilines is 1. The van der Waals surface area contributed by atoms with Crippen molar-refractivity contribution in [2.45, 2.75) is 11.7 Å². The van der Waals surface area contributed by atoms with E-state index in [1.807, 2.05) is 0 Å². The van der Waals surface area contributed by atoms with Crippen LogP contribution in [0.3, 0.4) is 0 Å². The molecule has 1 aromatic heterocycles. The van der Waals surface area contributed by atoms with E-state index >= 15 is 0 Å². The molecular formula is C20H13Cl2N3O3S. The maximum Gasteiger partial charge on any atom is 0.267 e. The van der Waals surface area contributed by atoms with Gasteiger partial charge in [-0.2, -0.15) is 0 Å². The maximum absolute atomic E-state index is 13.0. The summed E-state index contributed by atoms with van der Waals surface area (Å²) in [6.07, 6.45) is 1.26. The lowest BCUT2D eigenvalue weighted by atomic mass is 10.0. The van der Waals surface area contributed by atoms with Gasteiger partial charge in [0, 0.05) is 34.6 Å². The summed E-state index contributed by atoms with van der Waals surface area (Å²) in [6, 6.07) is 11.1. The molecule has 0 bridgehead atoms. The van der Waals surface area contributed by atoms with Gasteiger partial charge in [-0.1, -0.05) is 47.1 Å². The van der Waals surface area contributed by atoms with Crippen molar-refractivity contribution in [3.05, 3.63) is 85.8 Å². The highest BCUT2D eigenvalue weighted by Gasteiger charge is 2.22. The molecule has 0 unspecified atom stereocenters. The fourth-order valence-corrected chi connectivity index (χ4v) is 4.27. The summed E-state index contributed by atoms with van der Waals surface area (Å²) < 4.78 is 1.47. The van der Waals surface area contributed by atoms with E-state index in [0.717, 1.165) is 5.75 Å². The van der Waals surface area contributed by atoms with Crippen LogP contribution in [0, 0.1) is 0 Å². The van der Waals surface area contributed by atoms with Crippen LogP contribution in [-0.2, 0) is 6.54 Å². The van der Waals surface area contributed by atoms with E-state index in [4.69, 9.17) is 23.2 Å². The largest absolute Gasteiger partial charge is 0.321 e. The monoisotopic (exact) mass is 445 g/mol. The van der Waals surface area contributed by atoms with Crippen LogP contribution >= 0.6 is 35.0 Å². The summed E-state index contributed by atoms with van der Waals surface area (Å²) in [6.45, 7) is 0.504. The highest BCUT2D eigenvalue weighted by atomic mass is 35.5. The zero-order valence-electron chi connectivity index (χ0n) is 14.8. The first kappa shape index (κ1) is 19.7. The van der Waals surface area contributed by atoms with Gasteiger partial charge in [-0.15, -0.1) is 0 Å². The molecule has 3 aromatic rings. The molecule has 146 valence electrons. The molecule has 0 saturated carbocycles. The average molecular weight is 446 g/mol. The maximum atomic E-state index is 13.0. The Morgan fingerprint density at radius 2 is 1.86 bits per heavy atom. The first-order chi connectivity index (χ1) is 14.0. The summed E-state index contributed by atoms with van der Waals surface area (Å²) in [5, 5.41) is 3.84. The number of rotatable bonds is 4. The predicted molar refractivity (Wildman–Crippen MR) is 114 cm³/mol. The molecule has 0 spiro atoms. The number of carbonyl (C=O) groups is 2. The van der Waals surface area contributed by atoms with Crippen molar-refractivity contribution >= 4 is 52.3 Å². The summed E-state index contributed by atoms with van der Waals surface area (Å²) in [4.78, 5) is 42.5. The lowest BCUT2D eigenvalue weighted by molar-refractivity contribution is 0.102. The van der Waals surface area contributed by atoms with Crippen LogP contribution in [0.15, 0.2) is 58.6 Å². The minimum atomic E-state index is -0.648. The molecule has 1 aliphatic rings. The van der Waals surface area contributed by atoms with Gasteiger partial charge in [0.1, 0.15) is 5.56 Å². The van der Waals surface area contributed by atoms with Crippen LogP contribution in [0.2, 0.25) is 10.0 Å². The number of aromatic nitrogens is 2. The lowest BCUT2D eigenvalue weighted by Gasteiger charge is -2.12. The van der Waals surface area contributed by atoms with Crippen LogP contribution in [0.4, 0.5) is 5.69 Å². The van der Waals surface area contributed by atoms with Crippen LogP contribution in [-0.4, -0.2) is 27.0 Å². The topological polar surface area (TPSA) is 81.1 Å². The van der Waals surface area contributed by atoms with E-state index in [-0.39, 0.29) is 27.4 Å². The average Bonchev–Trinajstić information content (AvgIpc) is 3.19. The highest BCUT2D eigenvalue weighted by Crippen LogP contribution is 2.27. The van der Waals surface area contributed by atoms with Crippen molar-refractivity contribution < 1.29 is 9.59 Å². The van der Waals surface area contributed by atoms with Gasteiger partial charge >= 0.3 is 0 Å². The normalized spacial score (nSPS) is 12.5. The third-order valence-electron chi connectivity index (χ3n) is 4.39. The highest BCUT2D eigenvalue weighted by molar-refractivity contribution is 7.99. The van der Waals surface area contributed by atoms with E-state index in [2.05, 4.69) is 10.3 Å². The standard InChI is InChI=1S/C20H13Cl2N3O3S/c21-11-5-6-16(13(9-11)17(26)12-3-1-2-4-15(12)22)24-18(27)14-10-23-20-25(19(14)28)7-8-29-20/h1-6,9-10H,7-8H2,(H,24,27). The van der Waals surface area contributed by atoms with Gasteiger partial charge in [0.05, 0.1) is 10.7 Å². The number of halogens is 2. The molecule has 9 heteroatoms. The smallest absolute Gasteiger partial charge is 0.267 e. The summed E-state index contributed by atoms with van der Waals surface area (Å²) >= 11 is 13.7. The number of hydrogen-bond acceptors (Lipinski definition) is 5. The van der Waals surface area contributed by atoms with Gasteiger partial charge in [-0.3, -0.25) is 19.0 Å². The quantitative estimate of drug-likeness (QED) is 0.481. The molecule has 0 saturated heterocycles. The fourth-order valence-electron chi connectivity index (χ4n) is 2.97. The van der Waals surface area contributed by atoms with Gasteiger partial charge in [-0.25, -0.2) is 4.98 Å². The van der Waals surface area contributed by atoms with E-state index < -0.39 is 17.2 Å². The second-order valence-corrected chi connectivity index (χ2v) is 8.12. The van der Waals surface area contributed by atoms with Gasteiger partial charge in [0.2, 0.25) is 0 Å². The fraction of sp³-hybridized carbons (Fsp3) is 0.100. The van der Waals surface area contributed by atoms with E-state index in [1.54, 1.807) is 30.3 Å². The first-order valence-electron chi connectivity index (χ1n) is 8.58. The molecule has 4 rings (SSSR count). The van der Waals surface area contributed by atoms with Crippen molar-refractivity contribution in [2.75, 3.05) is 11.1 Å². The van der Waals surface area contributed by atoms with Gasteiger partial charge in [0.15, 0.2) is 10.9 Å². The number of nitrogens with one attached hydrogen (secondary N) is 1. The Bertz CT molecular complexity index is 1210. The molecule has 1 amide bonds. The van der Waals surface area contributed by atoms with Crippen molar-refractivity contribution in [1.29, 1.82) is 0 Å². The molecule has 2 aromatic carbocycles. The Balaban J connectivity index is 1.70. The lowest BCUT2D eigenvalue weighted by Crippen LogP contribution is -2.29. The Hall–Kier alpha value is -2.61. The zero-order chi connectivity index (χ0) is 20.5. The SMILES string of the molecule is O=C(c1ccccc1Cl)c1cc(Cl)ccc1NC(=O)c1cnc2n(c1=O)CCS2. The third kappa shape index (κ3) is 3.81. The molecule has 0 fully saturated rings. The number of benzene rings is 2. The second-order valence-electron chi connectivity index (χ2n) is 6.21. The Morgan fingerprint density at radius 1 is 1.07 bits per heavy atom. The molecular weight excluding hydrogens is 433 g/mol. The summed E-state index contributed by atoms with van der Waals surface area (Å²) in [7, 11) is 0. The van der Waals surface area contributed by atoms with E-state index in [1.165, 1.54) is 34.7 Å². The first-order valence-corrected chi connectivity index (χ1v) is 10.3. The molecule has 0 atom stereocenters. The molecule has 0 aliphatic carbocycles. The molecule has 1 aliphatic heterocycles. The molecule has 1 N–H and O–H groups in total. The van der Waals surface area contributed by atoms with Crippen LogP contribution in [0.5, 0.6) is 0 Å². The van der Waals surface area contributed by atoms with Crippen molar-refractivity contribution in [3.8, 4) is 0 Å². The number of thioether (sulfide) groups is 1. The van der Waals surface area contributed by atoms with Crippen molar-refractivity contribution in [1.82, 2.24) is 9.55 Å². The number of fused-ring (bicyclic) bond motifs is 1. The van der Waals surface area contributed by atoms with Gasteiger partial charge < -0.3 is 5.32 Å². The zero-order valence-corrected chi connectivity index (χ0v) is 17.1. The molecule has 2 heterocycles. The van der Waals surface area contributed by atoms with Crippen molar-refractivity contribution in [2.24, 2.45) is 0 Å². The van der Waals surface area contributed by atoms with Gasteiger partial charge in [-0.05, 0) is 30.3 Å². The Kier molecular flexibility index (Phi) is 5.45. The minimum Gasteiger partial charge on any atom is -0.321 e. The van der Waals surface area contributed by atoms with Crippen molar-refractivity contribution in [3.63, 3.8) is 0 Å². The third-order valence-corrected chi connectivity index (χ3v) is 5.93. The summed E-state index contributed by atoms with van der Waals surface area (Å²) in [5.74, 6) is -0.306. The number of amides is 1. The van der Waals surface area contributed by atoms with Crippen LogP contribution < -0.4 is 10.9 Å². The molecule has 29 heavy (non-hydrogen) atoms. The van der Waals surface area contributed by atoms with Crippen LogP contribution in [0.25, 0.3) is 0 Å². The van der Waals surface area contributed by atoms with E-state index in [9.17, 15) is 14.4 Å². The molecule has 0 radical (unpaired) electrons. The Labute approximate surface area is 179 Å². The second kappa shape index (κ2) is 8.02. The summed E-state index contributed by atoms with van der Waals surface area (Å²) in [5.41, 5.74) is 0.170. The number of hydrogen-bond donors (Lipinski definition) is 1. The predicted octanol–water partition coefficient (Wildman–Crippen LogP) is 4.14.